The van der Waals surface area contributed by atoms with Gasteiger partial charge in [0.1, 0.15) is 18.1 Å². The minimum atomic E-state index is -1.13. The molecule has 9 nitrogen and oxygen atoms in total. The fraction of sp³-hybridized carbons (Fsp3) is 0.615. The Bertz CT molecular complexity index is 852. The van der Waals surface area contributed by atoms with Crippen molar-refractivity contribution < 1.29 is 24.3 Å². The van der Waals surface area contributed by atoms with Crippen molar-refractivity contribution >= 4 is 35.5 Å². The third kappa shape index (κ3) is 11.0. The number of carbonyl (C=O) groups excluding carboxylic acids is 3. The van der Waals surface area contributed by atoms with Crippen molar-refractivity contribution in [3.05, 3.63) is 35.9 Å². The van der Waals surface area contributed by atoms with Gasteiger partial charge in [0.2, 0.25) is 17.7 Å². The van der Waals surface area contributed by atoms with Gasteiger partial charge in [-0.05, 0) is 42.2 Å². The highest BCUT2D eigenvalue weighted by molar-refractivity contribution is 7.98. The predicted octanol–water partition coefficient (Wildman–Crippen LogP) is 1.94. The molecule has 0 aliphatic carbocycles. The zero-order valence-corrected chi connectivity index (χ0v) is 22.8. The molecule has 1 rings (SSSR count). The summed E-state index contributed by atoms with van der Waals surface area (Å²) in [5, 5.41) is 17.7. The lowest BCUT2D eigenvalue weighted by atomic mass is 9.97. The van der Waals surface area contributed by atoms with Crippen molar-refractivity contribution in [3.8, 4) is 0 Å². The zero-order valence-electron chi connectivity index (χ0n) is 22.0. The highest BCUT2D eigenvalue weighted by Crippen LogP contribution is 2.11. The van der Waals surface area contributed by atoms with Crippen LogP contribution in [0.4, 0.5) is 0 Å². The van der Waals surface area contributed by atoms with Crippen molar-refractivity contribution in [1.29, 1.82) is 0 Å². The van der Waals surface area contributed by atoms with Crippen LogP contribution in [0.15, 0.2) is 30.3 Å². The van der Waals surface area contributed by atoms with Crippen LogP contribution < -0.4 is 21.7 Å². The number of benzene rings is 1. The molecular formula is C26H42N4O5S. The molecule has 36 heavy (non-hydrogen) atoms. The van der Waals surface area contributed by atoms with Crippen LogP contribution in [0.2, 0.25) is 0 Å². The van der Waals surface area contributed by atoms with Gasteiger partial charge in [0.15, 0.2) is 0 Å². The number of hydrogen-bond donors (Lipinski definition) is 5. The highest BCUT2D eigenvalue weighted by atomic mass is 32.2. The van der Waals surface area contributed by atoms with E-state index < -0.39 is 47.9 Å². The lowest BCUT2D eigenvalue weighted by Crippen LogP contribution is -2.58. The Morgan fingerprint density at radius 2 is 1.53 bits per heavy atom. The van der Waals surface area contributed by atoms with E-state index in [0.717, 1.165) is 11.3 Å². The maximum absolute atomic E-state index is 13.3. The fourth-order valence-corrected chi connectivity index (χ4v) is 4.12. The Morgan fingerprint density at radius 3 is 2.06 bits per heavy atom. The van der Waals surface area contributed by atoms with Gasteiger partial charge in [0, 0.05) is 6.42 Å². The second-order valence-electron chi connectivity index (χ2n) is 9.54. The Labute approximate surface area is 218 Å². The summed E-state index contributed by atoms with van der Waals surface area (Å²) in [6, 6.07) is 5.41. The lowest BCUT2D eigenvalue weighted by Gasteiger charge is -2.27. The normalized spacial score (nSPS) is 15.3. The van der Waals surface area contributed by atoms with Gasteiger partial charge < -0.3 is 26.8 Å². The van der Waals surface area contributed by atoms with E-state index in [1.165, 1.54) is 0 Å². The van der Waals surface area contributed by atoms with Gasteiger partial charge in [-0.15, -0.1) is 0 Å². The molecular weight excluding hydrogens is 480 g/mol. The number of carbonyl (C=O) groups is 4. The Morgan fingerprint density at radius 1 is 0.944 bits per heavy atom. The number of thioether (sulfide) groups is 1. The maximum atomic E-state index is 13.3. The van der Waals surface area contributed by atoms with E-state index in [1.807, 2.05) is 57.4 Å². The minimum absolute atomic E-state index is 0.0895. The molecule has 5 unspecified atom stereocenters. The molecule has 0 aliphatic rings. The van der Waals surface area contributed by atoms with E-state index in [0.29, 0.717) is 19.3 Å². The standard InChI is InChI=1S/C26H42N4O5S/c1-6-17(4)22(26(34)35)30-25(33)21(15-18-10-8-7-9-11-18)29-24(32)20(14-16(2)3)28-23(31)19(27)12-13-36-5/h7-11,16-17,19-22H,6,12-15,27H2,1-5H3,(H,28,31)(H,29,32)(H,30,33)(H,34,35). The van der Waals surface area contributed by atoms with Crippen LogP contribution in [-0.4, -0.2) is 65.0 Å². The average Bonchev–Trinajstić information content (AvgIpc) is 2.84. The molecule has 0 saturated heterocycles. The minimum Gasteiger partial charge on any atom is -0.480 e. The molecule has 0 aromatic heterocycles. The maximum Gasteiger partial charge on any atom is 0.326 e. The summed E-state index contributed by atoms with van der Waals surface area (Å²) >= 11 is 1.58. The van der Waals surface area contributed by atoms with Gasteiger partial charge >= 0.3 is 5.97 Å². The van der Waals surface area contributed by atoms with Gasteiger partial charge in [-0.1, -0.05) is 64.4 Å². The summed E-state index contributed by atoms with van der Waals surface area (Å²) < 4.78 is 0. The molecule has 0 spiro atoms. The first-order valence-electron chi connectivity index (χ1n) is 12.4. The first-order chi connectivity index (χ1) is 17.0. The van der Waals surface area contributed by atoms with Gasteiger partial charge in [0.05, 0.1) is 6.04 Å². The number of nitrogens with two attached hydrogens (primary N) is 1. The predicted molar refractivity (Wildman–Crippen MR) is 143 cm³/mol. The second kappa shape index (κ2) is 16.2. The van der Waals surface area contributed by atoms with E-state index in [-0.39, 0.29) is 18.3 Å². The molecule has 0 aliphatic heterocycles. The third-order valence-corrected chi connectivity index (χ3v) is 6.65. The molecule has 0 fully saturated rings. The van der Waals surface area contributed by atoms with Crippen LogP contribution >= 0.6 is 11.8 Å². The molecule has 10 heteroatoms. The Kier molecular flexibility index (Phi) is 14.2. The number of carboxylic acid groups (broad SMARTS) is 1. The molecule has 1 aromatic carbocycles. The van der Waals surface area contributed by atoms with Crippen LogP contribution in [0.3, 0.4) is 0 Å². The number of rotatable bonds is 16. The molecule has 3 amide bonds. The summed E-state index contributed by atoms with van der Waals surface area (Å²) in [5.74, 6) is -2.15. The lowest BCUT2D eigenvalue weighted by molar-refractivity contribution is -0.143. The molecule has 0 bridgehead atoms. The number of amides is 3. The van der Waals surface area contributed by atoms with E-state index in [1.54, 1.807) is 18.7 Å². The van der Waals surface area contributed by atoms with Crippen molar-refractivity contribution in [3.63, 3.8) is 0 Å². The van der Waals surface area contributed by atoms with E-state index in [9.17, 15) is 24.3 Å². The van der Waals surface area contributed by atoms with Crippen molar-refractivity contribution in [1.82, 2.24) is 16.0 Å². The summed E-state index contributed by atoms with van der Waals surface area (Å²) in [5.41, 5.74) is 6.78. The molecule has 1 aromatic rings. The monoisotopic (exact) mass is 522 g/mol. The van der Waals surface area contributed by atoms with Crippen LogP contribution in [0.5, 0.6) is 0 Å². The van der Waals surface area contributed by atoms with E-state index >= 15 is 0 Å². The fourth-order valence-electron chi connectivity index (χ4n) is 3.63. The third-order valence-electron chi connectivity index (χ3n) is 6.00. The SMILES string of the molecule is CCC(C)C(NC(=O)C(Cc1ccccc1)NC(=O)C(CC(C)C)NC(=O)C(N)CCSC)C(=O)O. The Balaban J connectivity index is 3.11. The summed E-state index contributed by atoms with van der Waals surface area (Å²) in [6.07, 6.45) is 3.49. The molecule has 5 atom stereocenters. The molecule has 0 saturated carbocycles. The average molecular weight is 523 g/mol. The zero-order chi connectivity index (χ0) is 27.3. The number of carboxylic acids is 1. The quantitative estimate of drug-likeness (QED) is 0.223. The number of hydrogen-bond acceptors (Lipinski definition) is 6. The van der Waals surface area contributed by atoms with Crippen LogP contribution in [-0.2, 0) is 25.6 Å². The summed E-state index contributed by atoms with van der Waals surface area (Å²) in [4.78, 5) is 50.9. The smallest absolute Gasteiger partial charge is 0.326 e. The highest BCUT2D eigenvalue weighted by Gasteiger charge is 2.32. The second-order valence-corrected chi connectivity index (χ2v) is 10.5. The van der Waals surface area contributed by atoms with Gasteiger partial charge in [-0.3, -0.25) is 14.4 Å². The summed E-state index contributed by atoms with van der Waals surface area (Å²) in [6.45, 7) is 7.45. The van der Waals surface area contributed by atoms with Crippen LogP contribution in [0.1, 0.15) is 52.5 Å². The van der Waals surface area contributed by atoms with Crippen molar-refractivity contribution in [2.75, 3.05) is 12.0 Å². The van der Waals surface area contributed by atoms with E-state index in [2.05, 4.69) is 16.0 Å². The first kappa shape index (κ1) is 31.4. The first-order valence-corrected chi connectivity index (χ1v) is 13.8. The number of nitrogens with one attached hydrogen (secondary N) is 3. The van der Waals surface area contributed by atoms with Crippen LogP contribution in [0.25, 0.3) is 0 Å². The van der Waals surface area contributed by atoms with Crippen molar-refractivity contribution in [2.45, 2.75) is 77.5 Å². The van der Waals surface area contributed by atoms with Gasteiger partial charge in [-0.25, -0.2) is 4.79 Å². The van der Waals surface area contributed by atoms with E-state index in [4.69, 9.17) is 5.73 Å². The molecule has 6 N–H and O–H groups in total. The van der Waals surface area contributed by atoms with Gasteiger partial charge in [0.25, 0.3) is 0 Å². The Hall–Kier alpha value is -2.59. The number of aliphatic carboxylic acids is 1. The van der Waals surface area contributed by atoms with Gasteiger partial charge in [-0.2, -0.15) is 11.8 Å². The van der Waals surface area contributed by atoms with Crippen molar-refractivity contribution in [2.24, 2.45) is 17.6 Å². The largest absolute Gasteiger partial charge is 0.480 e. The summed E-state index contributed by atoms with van der Waals surface area (Å²) in [7, 11) is 0. The molecule has 202 valence electrons. The topological polar surface area (TPSA) is 151 Å². The molecule has 0 radical (unpaired) electrons. The molecule has 0 heterocycles. The van der Waals surface area contributed by atoms with Crippen LogP contribution in [0, 0.1) is 11.8 Å².